The lowest BCUT2D eigenvalue weighted by Gasteiger charge is -2.32. The normalized spacial score (nSPS) is 16.1. The van der Waals surface area contributed by atoms with E-state index in [4.69, 9.17) is 4.74 Å². The summed E-state index contributed by atoms with van der Waals surface area (Å²) in [5.41, 5.74) is 0. The highest BCUT2D eigenvalue weighted by Crippen LogP contribution is 2.22. The molecule has 1 saturated carbocycles. The summed E-state index contributed by atoms with van der Waals surface area (Å²) in [6.45, 7) is 2.76. The summed E-state index contributed by atoms with van der Waals surface area (Å²) >= 11 is 2.00. The molecule has 3 nitrogen and oxygen atoms in total. The molecule has 4 heteroatoms. The van der Waals surface area contributed by atoms with Gasteiger partial charge in [0.05, 0.1) is 13.2 Å². The molecule has 1 fully saturated rings. The van der Waals surface area contributed by atoms with Gasteiger partial charge in [-0.1, -0.05) is 25.2 Å². The summed E-state index contributed by atoms with van der Waals surface area (Å²) in [6, 6.07) is 0.324. The van der Waals surface area contributed by atoms with Crippen LogP contribution in [0.15, 0.2) is 0 Å². The number of hydrogen-bond acceptors (Lipinski definition) is 2. The van der Waals surface area contributed by atoms with Crippen LogP contribution in [0.25, 0.3) is 0 Å². The Hall–Kier alpha value is -0.440. The standard InChI is InChI=1S/C12H18INO2/c1-2-16-12(15)14(10-6-9-13)11-7-4-3-5-8-11/h11H,2-5,7-8,10H2,1H3. The number of halogens is 1. The van der Waals surface area contributed by atoms with Crippen LogP contribution in [0, 0.1) is 9.85 Å². The Labute approximate surface area is 111 Å². The molecule has 90 valence electrons. The largest absolute Gasteiger partial charge is 0.450 e. The molecule has 0 aromatic rings. The molecule has 1 amide bonds. The van der Waals surface area contributed by atoms with Gasteiger partial charge < -0.3 is 4.74 Å². The van der Waals surface area contributed by atoms with E-state index in [1.165, 1.54) is 19.3 Å². The third-order valence-electron chi connectivity index (χ3n) is 2.83. The molecule has 0 aliphatic heterocycles. The number of carbonyl (C=O) groups is 1. The van der Waals surface area contributed by atoms with E-state index in [0.29, 0.717) is 19.2 Å². The highest BCUT2D eigenvalue weighted by Gasteiger charge is 2.25. The molecule has 0 heterocycles. The molecule has 0 unspecified atom stereocenters. The molecule has 1 aliphatic carbocycles. The van der Waals surface area contributed by atoms with Crippen LogP contribution in [0.1, 0.15) is 39.0 Å². The van der Waals surface area contributed by atoms with Crippen LogP contribution in [0.2, 0.25) is 0 Å². The van der Waals surface area contributed by atoms with Crippen LogP contribution in [0.4, 0.5) is 4.79 Å². The zero-order chi connectivity index (χ0) is 11.8. The first-order chi connectivity index (χ1) is 7.79. The van der Waals surface area contributed by atoms with Crippen molar-refractivity contribution in [3.8, 4) is 9.85 Å². The Balaban J connectivity index is 2.59. The van der Waals surface area contributed by atoms with E-state index in [-0.39, 0.29) is 6.09 Å². The molecule has 1 aliphatic rings. The van der Waals surface area contributed by atoms with Crippen LogP contribution in [-0.4, -0.2) is 30.2 Å². The maximum atomic E-state index is 11.8. The Kier molecular flexibility index (Phi) is 6.62. The van der Waals surface area contributed by atoms with Crippen molar-refractivity contribution < 1.29 is 9.53 Å². The molecule has 0 aromatic carbocycles. The Morgan fingerprint density at radius 3 is 2.69 bits per heavy atom. The summed E-state index contributed by atoms with van der Waals surface area (Å²) in [6.07, 6.45) is 5.65. The molecule has 0 radical (unpaired) electrons. The van der Waals surface area contributed by atoms with Crippen LogP contribution in [-0.2, 0) is 4.74 Å². The molecule has 0 N–H and O–H groups in total. The smallest absolute Gasteiger partial charge is 0.410 e. The van der Waals surface area contributed by atoms with Gasteiger partial charge in [-0.25, -0.2) is 4.79 Å². The van der Waals surface area contributed by atoms with Gasteiger partial charge in [-0.2, -0.15) is 0 Å². The van der Waals surface area contributed by atoms with Crippen LogP contribution in [0.5, 0.6) is 0 Å². The third-order valence-corrected chi connectivity index (χ3v) is 3.22. The van der Waals surface area contributed by atoms with Gasteiger partial charge in [0.15, 0.2) is 0 Å². The van der Waals surface area contributed by atoms with Gasteiger partial charge in [0.25, 0.3) is 0 Å². The minimum Gasteiger partial charge on any atom is -0.450 e. The molecule has 0 bridgehead atoms. The van der Waals surface area contributed by atoms with Crippen molar-refractivity contribution in [3.63, 3.8) is 0 Å². The zero-order valence-corrected chi connectivity index (χ0v) is 11.8. The number of hydrogen-bond donors (Lipinski definition) is 0. The average Bonchev–Trinajstić information content (AvgIpc) is 2.31. The highest BCUT2D eigenvalue weighted by atomic mass is 127. The number of amides is 1. The summed E-state index contributed by atoms with van der Waals surface area (Å²) in [4.78, 5) is 13.6. The van der Waals surface area contributed by atoms with Gasteiger partial charge in [0.2, 0.25) is 0 Å². The molecule has 0 atom stereocenters. The minimum atomic E-state index is -0.214. The second-order valence-corrected chi connectivity index (χ2v) is 4.43. The van der Waals surface area contributed by atoms with E-state index in [9.17, 15) is 4.79 Å². The predicted molar refractivity (Wildman–Crippen MR) is 72.4 cm³/mol. The molecular weight excluding hydrogens is 317 g/mol. The van der Waals surface area contributed by atoms with E-state index in [2.05, 4.69) is 9.85 Å². The summed E-state index contributed by atoms with van der Waals surface area (Å²) in [5.74, 6) is 2.95. The molecule has 16 heavy (non-hydrogen) atoms. The van der Waals surface area contributed by atoms with Crippen molar-refractivity contribution in [2.75, 3.05) is 13.2 Å². The van der Waals surface area contributed by atoms with Gasteiger partial charge in [-0.15, -0.1) is 0 Å². The maximum Gasteiger partial charge on any atom is 0.410 e. The lowest BCUT2D eigenvalue weighted by atomic mass is 9.94. The molecule has 0 spiro atoms. The highest BCUT2D eigenvalue weighted by molar-refractivity contribution is 14.1. The van der Waals surface area contributed by atoms with Gasteiger partial charge in [-0.3, -0.25) is 4.90 Å². The topological polar surface area (TPSA) is 29.5 Å². The minimum absolute atomic E-state index is 0.214. The second kappa shape index (κ2) is 7.77. The van der Waals surface area contributed by atoms with Crippen LogP contribution >= 0.6 is 22.6 Å². The first-order valence-corrected chi connectivity index (χ1v) is 6.89. The predicted octanol–water partition coefficient (Wildman–Crippen LogP) is 3.17. The number of ether oxygens (including phenoxy) is 1. The molecule has 0 saturated heterocycles. The van der Waals surface area contributed by atoms with E-state index in [1.54, 1.807) is 4.90 Å². The first kappa shape index (κ1) is 13.6. The zero-order valence-electron chi connectivity index (χ0n) is 9.67. The monoisotopic (exact) mass is 335 g/mol. The Bertz CT molecular complexity index is 276. The SMILES string of the molecule is CCOC(=O)N(CC#CI)C1CCCCC1. The van der Waals surface area contributed by atoms with E-state index in [1.807, 2.05) is 29.5 Å². The van der Waals surface area contributed by atoms with E-state index >= 15 is 0 Å². The lowest BCUT2D eigenvalue weighted by Crippen LogP contribution is -2.42. The van der Waals surface area contributed by atoms with Crippen molar-refractivity contribution >= 4 is 28.7 Å². The number of nitrogens with zero attached hydrogens (tertiary/aromatic N) is 1. The fourth-order valence-electron chi connectivity index (χ4n) is 2.06. The fraction of sp³-hybridized carbons (Fsp3) is 0.750. The lowest BCUT2D eigenvalue weighted by molar-refractivity contribution is 0.0873. The number of rotatable bonds is 3. The van der Waals surface area contributed by atoms with Crippen molar-refractivity contribution in [2.45, 2.75) is 45.1 Å². The number of carbonyl (C=O) groups excluding carboxylic acids is 1. The third kappa shape index (κ3) is 4.20. The van der Waals surface area contributed by atoms with Crippen molar-refractivity contribution in [3.05, 3.63) is 0 Å². The van der Waals surface area contributed by atoms with Crippen molar-refractivity contribution in [2.24, 2.45) is 0 Å². The maximum absolute atomic E-state index is 11.8. The average molecular weight is 335 g/mol. The molecule has 0 aromatic heterocycles. The second-order valence-electron chi connectivity index (χ2n) is 3.89. The quantitative estimate of drug-likeness (QED) is 0.586. The van der Waals surface area contributed by atoms with Crippen LogP contribution < -0.4 is 0 Å². The van der Waals surface area contributed by atoms with E-state index in [0.717, 1.165) is 12.8 Å². The van der Waals surface area contributed by atoms with Crippen LogP contribution in [0.3, 0.4) is 0 Å². The summed E-state index contributed by atoms with van der Waals surface area (Å²) in [5, 5.41) is 0. The Morgan fingerprint density at radius 1 is 1.44 bits per heavy atom. The summed E-state index contributed by atoms with van der Waals surface area (Å²) < 4.78 is 7.88. The Morgan fingerprint density at radius 2 is 2.12 bits per heavy atom. The molecule has 1 rings (SSSR count). The first-order valence-electron chi connectivity index (χ1n) is 5.81. The summed E-state index contributed by atoms with van der Waals surface area (Å²) in [7, 11) is 0. The van der Waals surface area contributed by atoms with Crippen molar-refractivity contribution in [1.29, 1.82) is 0 Å². The van der Waals surface area contributed by atoms with Crippen molar-refractivity contribution in [1.82, 2.24) is 4.90 Å². The van der Waals surface area contributed by atoms with E-state index < -0.39 is 0 Å². The van der Waals surface area contributed by atoms with Gasteiger partial charge in [0, 0.05) is 28.6 Å². The van der Waals surface area contributed by atoms with Gasteiger partial charge in [0.1, 0.15) is 0 Å². The van der Waals surface area contributed by atoms with Gasteiger partial charge >= 0.3 is 6.09 Å². The molecular formula is C12H18INO2. The fourth-order valence-corrected chi connectivity index (χ4v) is 2.23. The van der Waals surface area contributed by atoms with Gasteiger partial charge in [-0.05, 0) is 23.7 Å².